The fourth-order valence-corrected chi connectivity index (χ4v) is 3.60. The predicted octanol–water partition coefficient (Wildman–Crippen LogP) is 5.31. The van der Waals surface area contributed by atoms with Gasteiger partial charge in [0.1, 0.15) is 11.6 Å². The third kappa shape index (κ3) is 5.69. The summed E-state index contributed by atoms with van der Waals surface area (Å²) in [5.74, 6) is 0.808. The predicted molar refractivity (Wildman–Crippen MR) is 127 cm³/mol. The summed E-state index contributed by atoms with van der Waals surface area (Å²) in [6, 6.07) is 15.6. The van der Waals surface area contributed by atoms with Gasteiger partial charge in [0, 0.05) is 47.9 Å². The number of carbonyl (C=O) groups is 1. The van der Waals surface area contributed by atoms with E-state index in [9.17, 15) is 9.18 Å². The van der Waals surface area contributed by atoms with Crippen LogP contribution in [0.1, 0.15) is 30.5 Å². The number of rotatable bonds is 6. The number of piperidine rings is 1. The normalized spacial score (nSPS) is 13.9. The van der Waals surface area contributed by atoms with Crippen LogP contribution in [0.3, 0.4) is 0 Å². The first-order valence-electron chi connectivity index (χ1n) is 10.8. The summed E-state index contributed by atoms with van der Waals surface area (Å²) < 4.78 is 13.6. The number of anilines is 4. The van der Waals surface area contributed by atoms with Crippen molar-refractivity contribution in [2.45, 2.75) is 26.2 Å². The first-order chi connectivity index (χ1) is 15.6. The lowest BCUT2D eigenvalue weighted by Crippen LogP contribution is -2.31. The Labute approximate surface area is 187 Å². The second-order valence-corrected chi connectivity index (χ2v) is 7.79. The van der Waals surface area contributed by atoms with Crippen molar-refractivity contribution in [1.29, 1.82) is 0 Å². The number of hydrogen-bond donors (Lipinski definition) is 2. The highest BCUT2D eigenvalue weighted by atomic mass is 19.1. The van der Waals surface area contributed by atoms with Gasteiger partial charge in [0.25, 0.3) is 0 Å². The van der Waals surface area contributed by atoms with Crippen molar-refractivity contribution in [2.75, 3.05) is 28.6 Å². The molecule has 1 aliphatic rings. The van der Waals surface area contributed by atoms with E-state index in [1.54, 1.807) is 30.3 Å². The second-order valence-electron chi connectivity index (χ2n) is 7.79. The Balaban J connectivity index is 1.38. The first kappa shape index (κ1) is 21.5. The summed E-state index contributed by atoms with van der Waals surface area (Å²) in [5, 5.41) is 6.09. The van der Waals surface area contributed by atoms with Crippen LogP contribution < -0.4 is 15.5 Å². The molecule has 6 nitrogen and oxygen atoms in total. The topological polar surface area (TPSA) is 70.2 Å². The van der Waals surface area contributed by atoms with Gasteiger partial charge in [-0.1, -0.05) is 18.2 Å². The standard InChI is InChI=1S/C25H26FN5O/c1-18-17-23(30-25(27-18)31-15-5-2-6-16-31)28-20-10-12-21(13-11-20)29-24(32)14-9-19-7-3-4-8-22(19)26/h3-4,7-14,17H,2,5-6,15-16H2,1H3,(H,29,32)(H,27,28,30)/b14-9+. The zero-order valence-electron chi connectivity index (χ0n) is 18.0. The Morgan fingerprint density at radius 1 is 1.00 bits per heavy atom. The number of carbonyl (C=O) groups excluding carboxylic acids is 1. The van der Waals surface area contributed by atoms with Crippen LogP contribution in [0.25, 0.3) is 6.08 Å². The molecule has 0 saturated carbocycles. The van der Waals surface area contributed by atoms with Gasteiger partial charge in [-0.15, -0.1) is 0 Å². The molecule has 7 heteroatoms. The average Bonchev–Trinajstić information content (AvgIpc) is 2.80. The van der Waals surface area contributed by atoms with Crippen LogP contribution in [0.4, 0.5) is 27.5 Å². The summed E-state index contributed by atoms with van der Waals surface area (Å²) in [5.41, 5.74) is 2.78. The Morgan fingerprint density at radius 2 is 1.72 bits per heavy atom. The fourth-order valence-electron chi connectivity index (χ4n) is 3.60. The highest BCUT2D eigenvalue weighted by molar-refractivity contribution is 6.02. The molecular weight excluding hydrogens is 405 g/mol. The van der Waals surface area contributed by atoms with Crippen LogP contribution in [-0.4, -0.2) is 29.0 Å². The summed E-state index contributed by atoms with van der Waals surface area (Å²) in [4.78, 5) is 23.6. The summed E-state index contributed by atoms with van der Waals surface area (Å²) in [7, 11) is 0. The summed E-state index contributed by atoms with van der Waals surface area (Å²) in [6.45, 7) is 3.94. The van der Waals surface area contributed by atoms with Gasteiger partial charge in [-0.3, -0.25) is 4.79 Å². The fraction of sp³-hybridized carbons (Fsp3) is 0.240. The van der Waals surface area contributed by atoms with Crippen LogP contribution in [0.15, 0.2) is 60.7 Å². The maximum atomic E-state index is 13.6. The lowest BCUT2D eigenvalue weighted by molar-refractivity contribution is -0.111. The number of aryl methyl sites for hydroxylation is 1. The lowest BCUT2D eigenvalue weighted by Gasteiger charge is -2.27. The molecule has 1 amide bonds. The van der Waals surface area contributed by atoms with Crippen molar-refractivity contribution in [3.63, 3.8) is 0 Å². The number of halogens is 1. The van der Waals surface area contributed by atoms with Gasteiger partial charge >= 0.3 is 0 Å². The third-order valence-electron chi connectivity index (χ3n) is 5.23. The Hall–Kier alpha value is -3.74. The Bertz CT molecular complexity index is 1110. The number of aromatic nitrogens is 2. The minimum atomic E-state index is -0.365. The molecule has 0 bridgehead atoms. The smallest absolute Gasteiger partial charge is 0.248 e. The number of nitrogens with one attached hydrogen (secondary N) is 2. The highest BCUT2D eigenvalue weighted by Crippen LogP contribution is 2.22. The molecule has 0 atom stereocenters. The first-order valence-corrected chi connectivity index (χ1v) is 10.8. The number of amides is 1. The van der Waals surface area contributed by atoms with Gasteiger partial charge in [0.15, 0.2) is 0 Å². The zero-order valence-corrected chi connectivity index (χ0v) is 18.0. The van der Waals surface area contributed by atoms with Gasteiger partial charge in [-0.2, -0.15) is 4.98 Å². The largest absolute Gasteiger partial charge is 0.341 e. The van der Waals surface area contributed by atoms with E-state index in [4.69, 9.17) is 0 Å². The monoisotopic (exact) mass is 431 g/mol. The maximum absolute atomic E-state index is 13.6. The molecule has 3 aromatic rings. The van der Waals surface area contributed by atoms with Crippen LogP contribution in [0.2, 0.25) is 0 Å². The molecule has 164 valence electrons. The van der Waals surface area contributed by atoms with Gasteiger partial charge in [0.2, 0.25) is 11.9 Å². The number of hydrogen-bond acceptors (Lipinski definition) is 5. The molecule has 1 aliphatic heterocycles. The molecule has 2 N–H and O–H groups in total. The Morgan fingerprint density at radius 3 is 2.47 bits per heavy atom. The van der Waals surface area contributed by atoms with Crippen LogP contribution in [0.5, 0.6) is 0 Å². The van der Waals surface area contributed by atoms with Crippen molar-refractivity contribution >= 4 is 35.1 Å². The van der Waals surface area contributed by atoms with Gasteiger partial charge in [0.05, 0.1) is 0 Å². The van der Waals surface area contributed by atoms with E-state index in [2.05, 4.69) is 25.5 Å². The van der Waals surface area contributed by atoms with Crippen molar-refractivity contribution in [3.8, 4) is 0 Å². The molecule has 0 spiro atoms. The molecule has 1 saturated heterocycles. The molecule has 2 aromatic carbocycles. The van der Waals surface area contributed by atoms with Gasteiger partial charge in [-0.25, -0.2) is 9.37 Å². The summed E-state index contributed by atoms with van der Waals surface area (Å²) >= 11 is 0. The zero-order chi connectivity index (χ0) is 22.3. The molecular formula is C25H26FN5O. The molecule has 2 heterocycles. The lowest BCUT2D eigenvalue weighted by atomic mass is 10.1. The number of nitrogens with zero attached hydrogens (tertiary/aromatic N) is 3. The molecule has 4 rings (SSSR count). The van der Waals surface area contributed by atoms with E-state index in [-0.39, 0.29) is 11.7 Å². The molecule has 32 heavy (non-hydrogen) atoms. The van der Waals surface area contributed by atoms with Crippen LogP contribution >= 0.6 is 0 Å². The highest BCUT2D eigenvalue weighted by Gasteiger charge is 2.14. The van der Waals surface area contributed by atoms with E-state index in [0.29, 0.717) is 11.3 Å². The molecule has 1 fully saturated rings. The van der Waals surface area contributed by atoms with Crippen LogP contribution in [0, 0.1) is 12.7 Å². The SMILES string of the molecule is Cc1cc(Nc2ccc(NC(=O)/C=C/c3ccccc3F)cc2)nc(N2CCCCC2)n1. The number of benzene rings is 2. The minimum Gasteiger partial charge on any atom is -0.341 e. The Kier molecular flexibility index (Phi) is 6.75. The summed E-state index contributed by atoms with van der Waals surface area (Å²) in [6.07, 6.45) is 6.37. The van der Waals surface area contributed by atoms with E-state index in [0.717, 1.165) is 36.2 Å². The molecule has 1 aromatic heterocycles. The van der Waals surface area contributed by atoms with E-state index < -0.39 is 0 Å². The van der Waals surface area contributed by atoms with E-state index in [1.165, 1.54) is 37.5 Å². The van der Waals surface area contributed by atoms with E-state index in [1.807, 2.05) is 25.1 Å². The van der Waals surface area contributed by atoms with Crippen molar-refractivity contribution in [3.05, 3.63) is 77.7 Å². The maximum Gasteiger partial charge on any atom is 0.248 e. The van der Waals surface area contributed by atoms with Crippen molar-refractivity contribution in [1.82, 2.24) is 9.97 Å². The van der Waals surface area contributed by atoms with Crippen molar-refractivity contribution in [2.24, 2.45) is 0 Å². The third-order valence-corrected chi connectivity index (χ3v) is 5.23. The van der Waals surface area contributed by atoms with E-state index >= 15 is 0 Å². The van der Waals surface area contributed by atoms with Gasteiger partial charge in [-0.05, 0) is 62.6 Å². The molecule has 0 unspecified atom stereocenters. The van der Waals surface area contributed by atoms with Gasteiger partial charge < -0.3 is 15.5 Å². The van der Waals surface area contributed by atoms with Crippen LogP contribution in [-0.2, 0) is 4.79 Å². The second kappa shape index (κ2) is 10.0. The quantitative estimate of drug-likeness (QED) is 0.518. The molecule has 0 aliphatic carbocycles. The minimum absolute atomic E-state index is 0.327. The average molecular weight is 432 g/mol. The van der Waals surface area contributed by atoms with Crippen molar-refractivity contribution < 1.29 is 9.18 Å². The molecule has 0 radical (unpaired) electrons.